The van der Waals surface area contributed by atoms with Crippen molar-refractivity contribution in [3.63, 3.8) is 0 Å². The zero-order chi connectivity index (χ0) is 12.0. The van der Waals surface area contributed by atoms with E-state index in [4.69, 9.17) is 4.74 Å². The highest BCUT2D eigenvalue weighted by Gasteiger charge is 2.05. The molecule has 1 N–H and O–H groups in total. The number of hydrogen-bond acceptors (Lipinski definition) is 2. The van der Waals surface area contributed by atoms with E-state index in [9.17, 15) is 9.18 Å². The second kappa shape index (κ2) is 6.23. The van der Waals surface area contributed by atoms with Gasteiger partial charge in [-0.1, -0.05) is 18.2 Å². The minimum absolute atomic E-state index is 0.00607. The van der Waals surface area contributed by atoms with Crippen LogP contribution in [0.1, 0.15) is 19.4 Å². The molecule has 0 aliphatic carbocycles. The topological polar surface area (TPSA) is 38.3 Å². The van der Waals surface area contributed by atoms with E-state index in [0.29, 0.717) is 5.56 Å². The third-order valence-corrected chi connectivity index (χ3v) is 1.98. The molecule has 0 bridgehead atoms. The minimum Gasteiger partial charge on any atom is -0.369 e. The first-order chi connectivity index (χ1) is 7.59. The number of benzene rings is 1. The molecule has 0 aliphatic rings. The van der Waals surface area contributed by atoms with E-state index in [0.717, 1.165) is 0 Å². The van der Waals surface area contributed by atoms with E-state index >= 15 is 0 Å². The molecule has 0 spiro atoms. The van der Waals surface area contributed by atoms with Gasteiger partial charge in [-0.25, -0.2) is 4.39 Å². The van der Waals surface area contributed by atoms with Crippen LogP contribution in [-0.4, -0.2) is 18.6 Å². The van der Waals surface area contributed by atoms with Crippen molar-refractivity contribution in [2.75, 3.05) is 6.61 Å². The molecule has 1 rings (SSSR count). The van der Waals surface area contributed by atoms with Gasteiger partial charge < -0.3 is 10.1 Å². The Bertz CT molecular complexity index is 353. The summed E-state index contributed by atoms with van der Waals surface area (Å²) in [4.78, 5) is 11.3. The Hall–Kier alpha value is -1.42. The standard InChI is InChI=1S/C12H16FNO2/c1-9(2)16-8-12(15)14-7-10-5-3-4-6-11(10)13/h3-6,9H,7-8H2,1-2H3,(H,14,15). The van der Waals surface area contributed by atoms with Crippen molar-refractivity contribution in [3.05, 3.63) is 35.6 Å². The average Bonchev–Trinajstić information content (AvgIpc) is 2.25. The van der Waals surface area contributed by atoms with Crippen molar-refractivity contribution in [2.24, 2.45) is 0 Å². The van der Waals surface area contributed by atoms with Gasteiger partial charge in [-0.2, -0.15) is 0 Å². The summed E-state index contributed by atoms with van der Waals surface area (Å²) in [6.07, 6.45) is 0.0132. The van der Waals surface area contributed by atoms with E-state index in [1.807, 2.05) is 13.8 Å². The third kappa shape index (κ3) is 4.40. The molecule has 16 heavy (non-hydrogen) atoms. The second-order valence-electron chi connectivity index (χ2n) is 3.73. The summed E-state index contributed by atoms with van der Waals surface area (Å²) < 4.78 is 18.3. The van der Waals surface area contributed by atoms with Crippen LogP contribution in [-0.2, 0) is 16.1 Å². The molecular weight excluding hydrogens is 209 g/mol. The summed E-state index contributed by atoms with van der Waals surface area (Å²) >= 11 is 0. The Labute approximate surface area is 94.6 Å². The van der Waals surface area contributed by atoms with Crippen LogP contribution in [0.2, 0.25) is 0 Å². The normalized spacial score (nSPS) is 10.5. The maximum Gasteiger partial charge on any atom is 0.246 e. The Balaban J connectivity index is 2.35. The van der Waals surface area contributed by atoms with Crippen molar-refractivity contribution in [2.45, 2.75) is 26.5 Å². The molecule has 0 fully saturated rings. The van der Waals surface area contributed by atoms with Crippen LogP contribution in [0.3, 0.4) is 0 Å². The van der Waals surface area contributed by atoms with E-state index in [1.165, 1.54) is 6.07 Å². The Morgan fingerprint density at radius 2 is 2.12 bits per heavy atom. The molecule has 0 saturated carbocycles. The highest BCUT2D eigenvalue weighted by molar-refractivity contribution is 5.77. The van der Waals surface area contributed by atoms with Crippen LogP contribution in [0.15, 0.2) is 24.3 Å². The smallest absolute Gasteiger partial charge is 0.246 e. The van der Waals surface area contributed by atoms with Gasteiger partial charge in [0.1, 0.15) is 12.4 Å². The van der Waals surface area contributed by atoms with Crippen LogP contribution in [0.4, 0.5) is 4.39 Å². The van der Waals surface area contributed by atoms with Gasteiger partial charge in [-0.05, 0) is 19.9 Å². The van der Waals surface area contributed by atoms with Gasteiger partial charge >= 0.3 is 0 Å². The maximum atomic E-state index is 13.2. The van der Waals surface area contributed by atoms with Crippen molar-refractivity contribution >= 4 is 5.91 Å². The lowest BCUT2D eigenvalue weighted by Gasteiger charge is -2.08. The zero-order valence-electron chi connectivity index (χ0n) is 9.50. The number of carbonyl (C=O) groups excluding carboxylic acids is 1. The Kier molecular flexibility index (Phi) is 4.92. The minimum atomic E-state index is -0.312. The first kappa shape index (κ1) is 12.6. The second-order valence-corrected chi connectivity index (χ2v) is 3.73. The van der Waals surface area contributed by atoms with Gasteiger partial charge in [0.25, 0.3) is 0 Å². The Morgan fingerprint density at radius 3 is 2.75 bits per heavy atom. The Morgan fingerprint density at radius 1 is 1.44 bits per heavy atom. The molecule has 0 saturated heterocycles. The molecule has 0 radical (unpaired) electrons. The van der Waals surface area contributed by atoms with Gasteiger partial charge in [0.05, 0.1) is 6.10 Å². The van der Waals surface area contributed by atoms with Crippen LogP contribution in [0, 0.1) is 5.82 Å². The van der Waals surface area contributed by atoms with Gasteiger partial charge in [-0.3, -0.25) is 4.79 Å². The SMILES string of the molecule is CC(C)OCC(=O)NCc1ccccc1F. The lowest BCUT2D eigenvalue weighted by Crippen LogP contribution is -2.28. The largest absolute Gasteiger partial charge is 0.369 e. The zero-order valence-corrected chi connectivity index (χ0v) is 9.50. The van der Waals surface area contributed by atoms with E-state index < -0.39 is 0 Å². The number of rotatable bonds is 5. The molecule has 0 heterocycles. The molecule has 3 nitrogen and oxygen atoms in total. The number of amides is 1. The average molecular weight is 225 g/mol. The van der Waals surface area contributed by atoms with Crippen LogP contribution in [0.5, 0.6) is 0 Å². The number of hydrogen-bond donors (Lipinski definition) is 1. The van der Waals surface area contributed by atoms with Crippen LogP contribution >= 0.6 is 0 Å². The molecule has 0 aliphatic heterocycles. The van der Waals surface area contributed by atoms with E-state index in [1.54, 1.807) is 18.2 Å². The number of nitrogens with one attached hydrogen (secondary N) is 1. The summed E-state index contributed by atoms with van der Waals surface area (Å²) in [6.45, 7) is 3.90. The van der Waals surface area contributed by atoms with Gasteiger partial charge in [0, 0.05) is 12.1 Å². The molecule has 1 amide bonds. The third-order valence-electron chi connectivity index (χ3n) is 1.98. The fourth-order valence-electron chi connectivity index (χ4n) is 1.13. The van der Waals surface area contributed by atoms with Crippen LogP contribution < -0.4 is 5.32 Å². The molecular formula is C12H16FNO2. The summed E-state index contributed by atoms with van der Waals surface area (Å²) in [5, 5.41) is 2.59. The fourth-order valence-corrected chi connectivity index (χ4v) is 1.13. The first-order valence-corrected chi connectivity index (χ1v) is 5.21. The predicted octanol–water partition coefficient (Wildman–Crippen LogP) is 1.87. The number of halogens is 1. The fraction of sp³-hybridized carbons (Fsp3) is 0.417. The summed E-state index contributed by atoms with van der Waals surface area (Å²) in [5.74, 6) is -0.551. The molecule has 1 aromatic rings. The lowest BCUT2D eigenvalue weighted by molar-refractivity contribution is -0.127. The van der Waals surface area contributed by atoms with Gasteiger partial charge in [0.2, 0.25) is 5.91 Å². The summed E-state index contributed by atoms with van der Waals surface area (Å²) in [5.41, 5.74) is 0.473. The van der Waals surface area contributed by atoms with E-state index in [2.05, 4.69) is 5.32 Å². The quantitative estimate of drug-likeness (QED) is 0.830. The maximum absolute atomic E-state index is 13.2. The van der Waals surface area contributed by atoms with Crippen molar-refractivity contribution in [1.82, 2.24) is 5.32 Å². The van der Waals surface area contributed by atoms with Crippen molar-refractivity contribution in [1.29, 1.82) is 0 Å². The monoisotopic (exact) mass is 225 g/mol. The summed E-state index contributed by atoms with van der Waals surface area (Å²) in [6, 6.07) is 6.35. The lowest BCUT2D eigenvalue weighted by atomic mass is 10.2. The van der Waals surface area contributed by atoms with Crippen molar-refractivity contribution < 1.29 is 13.9 Å². The molecule has 1 aromatic carbocycles. The first-order valence-electron chi connectivity index (χ1n) is 5.21. The van der Waals surface area contributed by atoms with Gasteiger partial charge in [0.15, 0.2) is 0 Å². The van der Waals surface area contributed by atoms with Gasteiger partial charge in [-0.15, -0.1) is 0 Å². The van der Waals surface area contributed by atoms with Crippen molar-refractivity contribution in [3.8, 4) is 0 Å². The molecule has 0 aromatic heterocycles. The molecule has 0 atom stereocenters. The molecule has 88 valence electrons. The molecule has 4 heteroatoms. The predicted molar refractivity (Wildman–Crippen MR) is 59.3 cm³/mol. The summed E-state index contributed by atoms with van der Waals surface area (Å²) in [7, 11) is 0. The van der Waals surface area contributed by atoms with Crippen LogP contribution in [0.25, 0.3) is 0 Å². The highest BCUT2D eigenvalue weighted by atomic mass is 19.1. The molecule has 0 unspecified atom stereocenters. The highest BCUT2D eigenvalue weighted by Crippen LogP contribution is 2.05. The number of carbonyl (C=O) groups is 1. The van der Waals surface area contributed by atoms with E-state index in [-0.39, 0.29) is 31.0 Å². The number of ether oxygens (including phenoxy) is 1.